The average molecular weight is 574 g/mol. The minimum atomic E-state index is -4.86. The van der Waals surface area contributed by atoms with E-state index in [-0.39, 0.29) is 34.5 Å². The molecule has 0 saturated carbocycles. The van der Waals surface area contributed by atoms with E-state index >= 15 is 0 Å². The molecule has 1 N–H and O–H groups in total. The lowest BCUT2D eigenvalue weighted by Gasteiger charge is -2.16. The molecule has 40 heavy (non-hydrogen) atoms. The molecule has 1 amide bonds. The number of ether oxygens (including phenoxy) is 2. The number of carbonyl (C=O) groups excluding carboxylic acids is 1. The Balaban J connectivity index is 1.59. The van der Waals surface area contributed by atoms with Crippen LogP contribution in [0.25, 0.3) is 5.69 Å². The van der Waals surface area contributed by atoms with Crippen LogP contribution in [0.3, 0.4) is 0 Å². The number of halogens is 3. The number of carbonyl (C=O) groups is 1. The van der Waals surface area contributed by atoms with Crippen molar-refractivity contribution in [3.8, 4) is 22.9 Å². The first-order chi connectivity index (χ1) is 18.8. The second kappa shape index (κ2) is 11.4. The van der Waals surface area contributed by atoms with Gasteiger partial charge in [0.25, 0.3) is 0 Å². The van der Waals surface area contributed by atoms with E-state index in [9.17, 15) is 26.4 Å². The highest BCUT2D eigenvalue weighted by molar-refractivity contribution is 7.91. The first-order valence-electron chi connectivity index (χ1n) is 12.2. The summed E-state index contributed by atoms with van der Waals surface area (Å²) < 4.78 is 73.7. The van der Waals surface area contributed by atoms with Crippen molar-refractivity contribution in [2.45, 2.75) is 38.4 Å². The molecular formula is C28H26F3N3O5S. The molecule has 12 heteroatoms. The zero-order chi connectivity index (χ0) is 29.1. The molecule has 0 spiro atoms. The quantitative estimate of drug-likeness (QED) is 0.258. The van der Waals surface area contributed by atoms with E-state index in [0.717, 1.165) is 23.5 Å². The molecule has 8 nitrogen and oxygen atoms in total. The van der Waals surface area contributed by atoms with Crippen LogP contribution in [0.1, 0.15) is 23.9 Å². The van der Waals surface area contributed by atoms with Crippen LogP contribution >= 0.6 is 0 Å². The Morgan fingerprint density at radius 1 is 0.975 bits per heavy atom. The number of alkyl halides is 3. The summed E-state index contributed by atoms with van der Waals surface area (Å²) in [6.07, 6.45) is -4.87. The van der Waals surface area contributed by atoms with Crippen molar-refractivity contribution < 1.29 is 35.9 Å². The molecule has 0 fully saturated rings. The first-order valence-corrected chi connectivity index (χ1v) is 13.8. The Bertz CT molecular complexity index is 1630. The summed E-state index contributed by atoms with van der Waals surface area (Å²) in [5.41, 5.74) is 3.03. The normalized spacial score (nSPS) is 11.8. The van der Waals surface area contributed by atoms with Gasteiger partial charge in [-0.05, 0) is 61.9 Å². The zero-order valence-corrected chi connectivity index (χ0v) is 22.6. The third-order valence-corrected chi connectivity index (χ3v) is 7.53. The average Bonchev–Trinajstić information content (AvgIpc) is 3.21. The molecule has 0 bridgehead atoms. The second-order valence-corrected chi connectivity index (χ2v) is 11.2. The third-order valence-electron chi connectivity index (χ3n) is 5.78. The van der Waals surface area contributed by atoms with Crippen molar-refractivity contribution in [3.05, 3.63) is 89.7 Å². The Morgan fingerprint density at radius 3 is 2.30 bits per heavy atom. The van der Waals surface area contributed by atoms with Gasteiger partial charge in [-0.15, -0.1) is 13.2 Å². The third kappa shape index (κ3) is 7.20. The van der Waals surface area contributed by atoms with E-state index in [2.05, 4.69) is 15.2 Å². The SMILES string of the molecule is CCS(=O)(=O)c1ccc(CC(=O)Nc2ccc(-n3nc(C)cc3C)c(Oc3cccc(OC(F)(F)F)c3)c2)cc1. The van der Waals surface area contributed by atoms with Gasteiger partial charge in [0.05, 0.1) is 22.8 Å². The molecule has 0 saturated heterocycles. The summed E-state index contributed by atoms with van der Waals surface area (Å²) in [5, 5.41) is 7.23. The fourth-order valence-corrected chi connectivity index (χ4v) is 4.84. The molecule has 0 aliphatic heterocycles. The number of amides is 1. The lowest BCUT2D eigenvalue weighted by Crippen LogP contribution is -2.17. The van der Waals surface area contributed by atoms with E-state index < -0.39 is 21.9 Å². The largest absolute Gasteiger partial charge is 0.573 e. The van der Waals surface area contributed by atoms with Crippen LogP contribution in [-0.4, -0.2) is 36.2 Å². The van der Waals surface area contributed by atoms with E-state index in [4.69, 9.17) is 4.74 Å². The van der Waals surface area contributed by atoms with Gasteiger partial charge >= 0.3 is 6.36 Å². The summed E-state index contributed by atoms with van der Waals surface area (Å²) in [7, 11) is -3.35. The van der Waals surface area contributed by atoms with Crippen molar-refractivity contribution >= 4 is 21.4 Å². The lowest BCUT2D eigenvalue weighted by molar-refractivity contribution is -0.274. The van der Waals surface area contributed by atoms with E-state index in [1.54, 1.807) is 35.9 Å². The van der Waals surface area contributed by atoms with Crippen LogP contribution in [0.4, 0.5) is 18.9 Å². The molecular weight excluding hydrogens is 547 g/mol. The number of hydrogen-bond donors (Lipinski definition) is 1. The molecule has 1 heterocycles. The summed E-state index contributed by atoms with van der Waals surface area (Å²) in [6, 6.07) is 17.9. The van der Waals surface area contributed by atoms with Gasteiger partial charge in [0.15, 0.2) is 15.6 Å². The molecule has 4 aromatic rings. The fraction of sp³-hybridized carbons (Fsp3) is 0.214. The predicted octanol–water partition coefficient (Wildman–Crippen LogP) is 6.15. The van der Waals surface area contributed by atoms with Crippen molar-refractivity contribution in [3.63, 3.8) is 0 Å². The predicted molar refractivity (Wildman–Crippen MR) is 143 cm³/mol. The number of aromatic nitrogens is 2. The van der Waals surface area contributed by atoms with Crippen molar-refractivity contribution in [1.82, 2.24) is 9.78 Å². The van der Waals surface area contributed by atoms with Gasteiger partial charge in [-0.2, -0.15) is 5.10 Å². The van der Waals surface area contributed by atoms with Crippen LogP contribution in [0.5, 0.6) is 17.2 Å². The van der Waals surface area contributed by atoms with Crippen molar-refractivity contribution in [2.24, 2.45) is 0 Å². The van der Waals surface area contributed by atoms with Crippen LogP contribution in [0.15, 0.2) is 77.7 Å². The molecule has 210 valence electrons. The Labute approximate surface area is 229 Å². The molecule has 1 aromatic heterocycles. The van der Waals surface area contributed by atoms with Gasteiger partial charge in [-0.3, -0.25) is 4.79 Å². The monoisotopic (exact) mass is 573 g/mol. The number of anilines is 1. The number of hydrogen-bond acceptors (Lipinski definition) is 6. The van der Waals surface area contributed by atoms with Gasteiger partial charge in [0.2, 0.25) is 5.91 Å². The number of sulfone groups is 1. The van der Waals surface area contributed by atoms with Crippen molar-refractivity contribution in [1.29, 1.82) is 0 Å². The van der Waals surface area contributed by atoms with Gasteiger partial charge in [-0.1, -0.05) is 25.1 Å². The maximum atomic E-state index is 12.8. The topological polar surface area (TPSA) is 99.5 Å². The molecule has 0 radical (unpaired) electrons. The smallest absolute Gasteiger partial charge is 0.455 e. The van der Waals surface area contributed by atoms with Gasteiger partial charge in [-0.25, -0.2) is 13.1 Å². The van der Waals surface area contributed by atoms with Crippen molar-refractivity contribution in [2.75, 3.05) is 11.1 Å². The second-order valence-electron chi connectivity index (χ2n) is 8.92. The molecule has 0 atom stereocenters. The number of rotatable bonds is 9. The van der Waals surface area contributed by atoms with Crippen LogP contribution < -0.4 is 14.8 Å². The summed E-state index contributed by atoms with van der Waals surface area (Å²) >= 11 is 0. The molecule has 4 rings (SSSR count). The highest BCUT2D eigenvalue weighted by Gasteiger charge is 2.31. The number of nitrogens with one attached hydrogen (secondary N) is 1. The van der Waals surface area contributed by atoms with Crippen LogP contribution in [0, 0.1) is 13.8 Å². The minimum absolute atomic E-state index is 0.0152. The number of aryl methyl sites for hydroxylation is 2. The maximum absolute atomic E-state index is 12.8. The lowest BCUT2D eigenvalue weighted by atomic mass is 10.1. The fourth-order valence-electron chi connectivity index (χ4n) is 3.96. The summed E-state index contributed by atoms with van der Waals surface area (Å²) in [4.78, 5) is 13.0. The Hall–Kier alpha value is -4.32. The molecule has 3 aromatic carbocycles. The van der Waals surface area contributed by atoms with Gasteiger partial charge in [0, 0.05) is 23.5 Å². The van der Waals surface area contributed by atoms with E-state index in [0.29, 0.717) is 16.9 Å². The number of benzene rings is 3. The highest BCUT2D eigenvalue weighted by atomic mass is 32.2. The van der Waals surface area contributed by atoms with Crippen LogP contribution in [0.2, 0.25) is 0 Å². The van der Waals surface area contributed by atoms with Crippen LogP contribution in [-0.2, 0) is 21.1 Å². The zero-order valence-electron chi connectivity index (χ0n) is 21.8. The van der Waals surface area contributed by atoms with E-state index in [1.165, 1.54) is 30.3 Å². The number of nitrogens with zero attached hydrogens (tertiary/aromatic N) is 2. The van der Waals surface area contributed by atoms with Gasteiger partial charge < -0.3 is 14.8 Å². The summed E-state index contributed by atoms with van der Waals surface area (Å²) in [5.74, 6) is -0.529. The maximum Gasteiger partial charge on any atom is 0.573 e. The standard InChI is InChI=1S/C28H26F3N3O5S/c1-4-40(36,37)24-11-8-20(9-12-24)15-27(35)32-21-10-13-25(34-19(3)14-18(2)33-34)26(16-21)38-22-6-5-7-23(17-22)39-28(29,30)31/h5-14,16-17H,4,15H2,1-3H3,(H,32,35). The van der Waals surface area contributed by atoms with E-state index in [1.807, 2.05) is 19.9 Å². The summed E-state index contributed by atoms with van der Waals surface area (Å²) in [6.45, 7) is 5.22. The highest BCUT2D eigenvalue weighted by Crippen LogP contribution is 2.34. The molecule has 0 unspecified atom stereocenters. The minimum Gasteiger partial charge on any atom is -0.455 e. The van der Waals surface area contributed by atoms with Gasteiger partial charge in [0.1, 0.15) is 17.2 Å². The molecule has 0 aliphatic rings. The Morgan fingerprint density at radius 2 is 1.68 bits per heavy atom. The Kier molecular flexibility index (Phi) is 8.19. The first kappa shape index (κ1) is 28.7. The molecule has 0 aliphatic carbocycles.